The molecule has 1 aromatic rings. The Kier molecular flexibility index (Phi) is 12.1. The standard InChI is InChI=1S/C16H24FN.2C2H6/c1-3-4-5-9-18-10-8-14(12-18)16-7-6-15(17)11-13(16)2;2*1-2/h6-7,11,14H,3-5,8-10,12H2,1-2H3;2*1-2H3. The van der Waals surface area contributed by atoms with Gasteiger partial charge in [0.2, 0.25) is 0 Å². The zero-order valence-electron chi connectivity index (χ0n) is 15.6. The molecule has 1 nitrogen and oxygen atoms in total. The molecule has 1 atom stereocenters. The van der Waals surface area contributed by atoms with Crippen molar-refractivity contribution in [3.8, 4) is 0 Å². The summed E-state index contributed by atoms with van der Waals surface area (Å²) in [6.45, 7) is 15.8. The summed E-state index contributed by atoms with van der Waals surface area (Å²) in [5, 5.41) is 0. The van der Waals surface area contributed by atoms with Crippen molar-refractivity contribution in [1.29, 1.82) is 0 Å². The summed E-state index contributed by atoms with van der Waals surface area (Å²) in [5.41, 5.74) is 2.45. The molecule has 128 valence electrons. The van der Waals surface area contributed by atoms with Crippen LogP contribution in [0.2, 0.25) is 0 Å². The zero-order valence-corrected chi connectivity index (χ0v) is 15.6. The third-order valence-electron chi connectivity index (χ3n) is 4.02. The Labute approximate surface area is 137 Å². The molecule has 0 aliphatic carbocycles. The van der Waals surface area contributed by atoms with E-state index in [9.17, 15) is 4.39 Å². The second kappa shape index (κ2) is 12.6. The quantitative estimate of drug-likeness (QED) is 0.588. The van der Waals surface area contributed by atoms with E-state index in [-0.39, 0.29) is 5.82 Å². The first-order valence-electron chi connectivity index (χ1n) is 9.19. The molecule has 22 heavy (non-hydrogen) atoms. The van der Waals surface area contributed by atoms with Crippen LogP contribution in [0.3, 0.4) is 0 Å². The first kappa shape index (κ1) is 21.1. The van der Waals surface area contributed by atoms with Crippen LogP contribution in [0, 0.1) is 12.7 Å². The van der Waals surface area contributed by atoms with E-state index in [0.29, 0.717) is 5.92 Å². The minimum absolute atomic E-state index is 0.117. The molecule has 0 saturated carbocycles. The highest BCUT2D eigenvalue weighted by Crippen LogP contribution is 2.29. The first-order chi connectivity index (χ1) is 10.7. The second-order valence-corrected chi connectivity index (χ2v) is 5.49. The lowest BCUT2D eigenvalue weighted by atomic mass is 9.94. The molecule has 0 aromatic heterocycles. The van der Waals surface area contributed by atoms with E-state index in [1.807, 2.05) is 40.7 Å². The topological polar surface area (TPSA) is 3.24 Å². The van der Waals surface area contributed by atoms with Crippen molar-refractivity contribution in [3.05, 3.63) is 35.1 Å². The Hall–Kier alpha value is -0.890. The Balaban J connectivity index is 0.00000102. The molecule has 1 saturated heterocycles. The Bertz CT molecular complexity index is 389. The minimum Gasteiger partial charge on any atom is -0.303 e. The number of hydrogen-bond acceptors (Lipinski definition) is 1. The molecule has 0 radical (unpaired) electrons. The van der Waals surface area contributed by atoms with Gasteiger partial charge in [0.15, 0.2) is 0 Å². The highest BCUT2D eigenvalue weighted by molar-refractivity contribution is 5.30. The van der Waals surface area contributed by atoms with Crippen LogP contribution in [0.25, 0.3) is 0 Å². The maximum absolute atomic E-state index is 13.1. The van der Waals surface area contributed by atoms with Gasteiger partial charge in [0.1, 0.15) is 5.82 Å². The number of likely N-dealkylation sites (tertiary alicyclic amines) is 1. The lowest BCUT2D eigenvalue weighted by Crippen LogP contribution is -2.21. The average Bonchev–Trinajstić information content (AvgIpc) is 3.00. The summed E-state index contributed by atoms with van der Waals surface area (Å²) in [6, 6.07) is 5.24. The number of benzene rings is 1. The lowest BCUT2D eigenvalue weighted by Gasteiger charge is -2.17. The number of halogens is 1. The Morgan fingerprint density at radius 1 is 1.14 bits per heavy atom. The molecular formula is C20H36FN. The summed E-state index contributed by atoms with van der Waals surface area (Å²) in [7, 11) is 0. The van der Waals surface area contributed by atoms with Crippen molar-refractivity contribution < 1.29 is 4.39 Å². The summed E-state index contributed by atoms with van der Waals surface area (Å²) < 4.78 is 13.1. The molecule has 1 aromatic carbocycles. The first-order valence-corrected chi connectivity index (χ1v) is 9.19. The van der Waals surface area contributed by atoms with Crippen LogP contribution in [0.4, 0.5) is 4.39 Å². The van der Waals surface area contributed by atoms with Gasteiger partial charge in [-0.15, -0.1) is 0 Å². The fraction of sp³-hybridized carbons (Fsp3) is 0.700. The third kappa shape index (κ3) is 6.91. The van der Waals surface area contributed by atoms with Crippen molar-refractivity contribution in [2.24, 2.45) is 0 Å². The maximum atomic E-state index is 13.1. The van der Waals surface area contributed by atoms with E-state index in [0.717, 1.165) is 12.1 Å². The number of unbranched alkanes of at least 4 members (excludes halogenated alkanes) is 2. The van der Waals surface area contributed by atoms with Crippen molar-refractivity contribution in [2.75, 3.05) is 19.6 Å². The van der Waals surface area contributed by atoms with Gasteiger partial charge in [-0.2, -0.15) is 0 Å². The number of nitrogens with zero attached hydrogens (tertiary/aromatic N) is 1. The summed E-state index contributed by atoms with van der Waals surface area (Å²) in [4.78, 5) is 2.56. The van der Waals surface area contributed by atoms with Gasteiger partial charge >= 0.3 is 0 Å². The van der Waals surface area contributed by atoms with E-state index < -0.39 is 0 Å². The number of rotatable bonds is 5. The maximum Gasteiger partial charge on any atom is 0.123 e. The van der Waals surface area contributed by atoms with Crippen molar-refractivity contribution in [1.82, 2.24) is 4.90 Å². The van der Waals surface area contributed by atoms with Gasteiger partial charge in [-0.25, -0.2) is 4.39 Å². The summed E-state index contributed by atoms with van der Waals surface area (Å²) in [6.07, 6.45) is 5.15. The van der Waals surface area contributed by atoms with E-state index >= 15 is 0 Å². The molecule has 0 N–H and O–H groups in total. The molecule has 2 heteroatoms. The van der Waals surface area contributed by atoms with E-state index in [1.165, 1.54) is 44.3 Å². The molecule has 0 bridgehead atoms. The van der Waals surface area contributed by atoms with Crippen LogP contribution in [-0.2, 0) is 0 Å². The van der Waals surface area contributed by atoms with Gasteiger partial charge in [-0.3, -0.25) is 0 Å². The van der Waals surface area contributed by atoms with Crippen LogP contribution in [-0.4, -0.2) is 24.5 Å². The lowest BCUT2D eigenvalue weighted by molar-refractivity contribution is 0.325. The molecular weight excluding hydrogens is 273 g/mol. The van der Waals surface area contributed by atoms with Gasteiger partial charge in [0.05, 0.1) is 0 Å². The van der Waals surface area contributed by atoms with Crippen LogP contribution in [0.5, 0.6) is 0 Å². The van der Waals surface area contributed by atoms with E-state index in [4.69, 9.17) is 0 Å². The predicted octanol–water partition coefficient (Wildman–Crippen LogP) is 6.17. The average molecular weight is 310 g/mol. The highest BCUT2D eigenvalue weighted by atomic mass is 19.1. The van der Waals surface area contributed by atoms with Gasteiger partial charge in [0, 0.05) is 6.54 Å². The monoisotopic (exact) mass is 309 g/mol. The van der Waals surface area contributed by atoms with Gasteiger partial charge in [-0.1, -0.05) is 53.5 Å². The van der Waals surface area contributed by atoms with E-state index in [2.05, 4.69) is 11.8 Å². The third-order valence-corrected chi connectivity index (χ3v) is 4.02. The largest absolute Gasteiger partial charge is 0.303 e. The summed E-state index contributed by atoms with van der Waals surface area (Å²) >= 11 is 0. The van der Waals surface area contributed by atoms with Gasteiger partial charge in [0.25, 0.3) is 0 Å². The van der Waals surface area contributed by atoms with Gasteiger partial charge in [-0.05, 0) is 62.0 Å². The molecule has 2 rings (SSSR count). The van der Waals surface area contributed by atoms with Crippen LogP contribution >= 0.6 is 0 Å². The smallest absolute Gasteiger partial charge is 0.123 e. The summed E-state index contributed by atoms with van der Waals surface area (Å²) in [5.74, 6) is 0.487. The fourth-order valence-electron chi connectivity index (χ4n) is 2.97. The predicted molar refractivity (Wildman–Crippen MR) is 97.2 cm³/mol. The van der Waals surface area contributed by atoms with Crippen molar-refractivity contribution in [2.45, 2.75) is 73.1 Å². The molecule has 1 fully saturated rings. The molecule has 0 spiro atoms. The molecule has 1 aliphatic heterocycles. The van der Waals surface area contributed by atoms with Gasteiger partial charge < -0.3 is 4.90 Å². The number of hydrogen-bond donors (Lipinski definition) is 0. The fourth-order valence-corrected chi connectivity index (χ4v) is 2.97. The SMILES string of the molecule is CC.CC.CCCCCN1CCC(c2ccc(F)cc2C)C1. The van der Waals surface area contributed by atoms with Crippen LogP contribution in [0.1, 0.15) is 77.3 Å². The minimum atomic E-state index is -0.117. The normalized spacial score (nSPS) is 17.3. The van der Waals surface area contributed by atoms with Crippen LogP contribution < -0.4 is 0 Å². The second-order valence-electron chi connectivity index (χ2n) is 5.49. The van der Waals surface area contributed by atoms with Crippen molar-refractivity contribution >= 4 is 0 Å². The van der Waals surface area contributed by atoms with Crippen molar-refractivity contribution in [3.63, 3.8) is 0 Å². The number of aryl methyl sites for hydroxylation is 1. The highest BCUT2D eigenvalue weighted by Gasteiger charge is 2.24. The van der Waals surface area contributed by atoms with Crippen LogP contribution in [0.15, 0.2) is 18.2 Å². The molecule has 1 aliphatic rings. The molecule has 1 heterocycles. The molecule has 1 unspecified atom stereocenters. The Morgan fingerprint density at radius 2 is 1.82 bits per heavy atom. The Morgan fingerprint density at radius 3 is 2.41 bits per heavy atom. The molecule has 0 amide bonds. The van der Waals surface area contributed by atoms with E-state index in [1.54, 1.807) is 12.1 Å². The zero-order chi connectivity index (χ0) is 17.0.